The number of nitrogens with one attached hydrogen (secondary N) is 1. The number of hydrogen-bond donors (Lipinski definition) is 1. The quantitative estimate of drug-likeness (QED) is 0.899. The molecule has 0 aromatic heterocycles. The maximum Gasteiger partial charge on any atom is 0.260 e. The molecular weight excluding hydrogens is 292 g/mol. The van der Waals surface area contributed by atoms with Gasteiger partial charge in [-0.2, -0.15) is 0 Å². The highest BCUT2D eigenvalue weighted by Crippen LogP contribution is 2.17. The fraction of sp³-hybridized carbons (Fsp3) is 0.533. The minimum absolute atomic E-state index is 0. The molecule has 6 heteroatoms. The van der Waals surface area contributed by atoms with Gasteiger partial charge in [-0.15, -0.1) is 12.4 Å². The average Bonchev–Trinajstić information content (AvgIpc) is 2.76. The lowest BCUT2D eigenvalue weighted by Gasteiger charge is -2.20. The molecule has 0 saturated carbocycles. The number of benzene rings is 1. The molecule has 1 aliphatic heterocycles. The molecule has 0 unspecified atom stereocenters. The molecule has 0 aliphatic carbocycles. The Morgan fingerprint density at radius 2 is 1.81 bits per heavy atom. The zero-order valence-corrected chi connectivity index (χ0v) is 13.2. The van der Waals surface area contributed by atoms with Crippen LogP contribution in [0.2, 0.25) is 0 Å². The van der Waals surface area contributed by atoms with Gasteiger partial charge in [-0.05, 0) is 44.2 Å². The third-order valence-corrected chi connectivity index (χ3v) is 3.19. The fourth-order valence-electron chi connectivity index (χ4n) is 2.13. The lowest BCUT2D eigenvalue weighted by atomic mass is 10.3. The molecule has 1 saturated heterocycles. The van der Waals surface area contributed by atoms with Gasteiger partial charge in [0.05, 0.1) is 6.61 Å². The van der Waals surface area contributed by atoms with Crippen LogP contribution in [0.4, 0.5) is 0 Å². The van der Waals surface area contributed by atoms with Crippen LogP contribution in [0.1, 0.15) is 13.3 Å². The van der Waals surface area contributed by atoms with E-state index in [0.29, 0.717) is 12.4 Å². The van der Waals surface area contributed by atoms with Gasteiger partial charge in [0.2, 0.25) is 0 Å². The molecule has 1 aromatic carbocycles. The van der Waals surface area contributed by atoms with E-state index in [9.17, 15) is 4.79 Å². The third-order valence-electron chi connectivity index (χ3n) is 3.19. The van der Waals surface area contributed by atoms with E-state index in [4.69, 9.17) is 9.47 Å². The molecule has 1 N–H and O–H groups in total. The number of halogens is 1. The van der Waals surface area contributed by atoms with Crippen molar-refractivity contribution in [3.8, 4) is 11.5 Å². The van der Waals surface area contributed by atoms with Crippen molar-refractivity contribution in [3.05, 3.63) is 24.3 Å². The lowest BCUT2D eigenvalue weighted by Crippen LogP contribution is -2.37. The predicted octanol–water partition coefficient (Wildman–Crippen LogP) is 1.71. The van der Waals surface area contributed by atoms with Crippen LogP contribution in [0.15, 0.2) is 24.3 Å². The maximum atomic E-state index is 12.0. The maximum absolute atomic E-state index is 12.0. The zero-order chi connectivity index (χ0) is 14.2. The fourth-order valence-corrected chi connectivity index (χ4v) is 2.13. The van der Waals surface area contributed by atoms with Gasteiger partial charge < -0.3 is 19.7 Å². The second-order valence-electron chi connectivity index (χ2n) is 4.68. The highest BCUT2D eigenvalue weighted by molar-refractivity contribution is 5.85. The molecule has 1 fully saturated rings. The summed E-state index contributed by atoms with van der Waals surface area (Å²) in [6, 6.07) is 7.34. The lowest BCUT2D eigenvalue weighted by molar-refractivity contribution is -0.133. The summed E-state index contributed by atoms with van der Waals surface area (Å²) in [6.45, 7) is 6.07. The Kier molecular flexibility index (Phi) is 7.93. The number of rotatable bonds is 5. The van der Waals surface area contributed by atoms with Crippen LogP contribution in [0.5, 0.6) is 11.5 Å². The van der Waals surface area contributed by atoms with Crippen molar-refractivity contribution >= 4 is 18.3 Å². The van der Waals surface area contributed by atoms with Crippen LogP contribution < -0.4 is 14.8 Å². The number of amides is 1. The molecule has 0 radical (unpaired) electrons. The molecule has 1 aromatic rings. The Bertz CT molecular complexity index is 417. The van der Waals surface area contributed by atoms with Gasteiger partial charge in [-0.1, -0.05) is 0 Å². The molecule has 5 nitrogen and oxygen atoms in total. The second-order valence-corrected chi connectivity index (χ2v) is 4.68. The smallest absolute Gasteiger partial charge is 0.260 e. The van der Waals surface area contributed by atoms with Crippen LogP contribution in [0, 0.1) is 0 Å². The molecule has 1 amide bonds. The van der Waals surface area contributed by atoms with Gasteiger partial charge in [0.1, 0.15) is 11.5 Å². The molecule has 1 aliphatic rings. The van der Waals surface area contributed by atoms with Crippen molar-refractivity contribution in [3.63, 3.8) is 0 Å². The van der Waals surface area contributed by atoms with Gasteiger partial charge in [0.15, 0.2) is 6.61 Å². The van der Waals surface area contributed by atoms with Crippen molar-refractivity contribution in [1.82, 2.24) is 10.2 Å². The predicted molar refractivity (Wildman–Crippen MR) is 84.4 cm³/mol. The molecule has 21 heavy (non-hydrogen) atoms. The van der Waals surface area contributed by atoms with Gasteiger partial charge in [-0.25, -0.2) is 0 Å². The van der Waals surface area contributed by atoms with Crippen LogP contribution in [-0.2, 0) is 4.79 Å². The highest BCUT2D eigenvalue weighted by Gasteiger charge is 2.15. The van der Waals surface area contributed by atoms with Gasteiger partial charge in [0, 0.05) is 19.6 Å². The van der Waals surface area contributed by atoms with E-state index in [1.165, 1.54) is 0 Å². The van der Waals surface area contributed by atoms with E-state index < -0.39 is 0 Å². The summed E-state index contributed by atoms with van der Waals surface area (Å²) >= 11 is 0. The van der Waals surface area contributed by atoms with E-state index in [1.54, 1.807) is 0 Å². The van der Waals surface area contributed by atoms with Gasteiger partial charge in [0.25, 0.3) is 5.91 Å². The van der Waals surface area contributed by atoms with E-state index in [1.807, 2.05) is 36.1 Å². The van der Waals surface area contributed by atoms with E-state index >= 15 is 0 Å². The van der Waals surface area contributed by atoms with Gasteiger partial charge >= 0.3 is 0 Å². The second kappa shape index (κ2) is 9.47. The largest absolute Gasteiger partial charge is 0.494 e. The van der Waals surface area contributed by atoms with E-state index in [2.05, 4.69) is 5.32 Å². The summed E-state index contributed by atoms with van der Waals surface area (Å²) in [5.41, 5.74) is 0. The highest BCUT2D eigenvalue weighted by atomic mass is 35.5. The molecule has 0 bridgehead atoms. The van der Waals surface area contributed by atoms with Crippen molar-refractivity contribution in [2.24, 2.45) is 0 Å². The molecule has 0 atom stereocenters. The Hall–Kier alpha value is -1.46. The molecule has 1 heterocycles. The summed E-state index contributed by atoms with van der Waals surface area (Å²) < 4.78 is 10.9. The normalized spacial score (nSPS) is 14.8. The Morgan fingerprint density at radius 3 is 2.48 bits per heavy atom. The minimum Gasteiger partial charge on any atom is -0.494 e. The Labute approximate surface area is 132 Å². The van der Waals surface area contributed by atoms with Crippen LogP contribution >= 0.6 is 12.4 Å². The number of carbonyl (C=O) groups excluding carboxylic acids is 1. The van der Waals surface area contributed by atoms with E-state index in [-0.39, 0.29) is 24.9 Å². The summed E-state index contributed by atoms with van der Waals surface area (Å²) in [6.07, 6.45) is 0.995. The first kappa shape index (κ1) is 17.6. The zero-order valence-electron chi connectivity index (χ0n) is 12.3. The number of nitrogens with zero attached hydrogens (tertiary/aromatic N) is 1. The monoisotopic (exact) mass is 314 g/mol. The van der Waals surface area contributed by atoms with Crippen LogP contribution in [0.25, 0.3) is 0 Å². The summed E-state index contributed by atoms with van der Waals surface area (Å²) in [4.78, 5) is 13.9. The van der Waals surface area contributed by atoms with Gasteiger partial charge in [-0.3, -0.25) is 4.79 Å². The SMILES string of the molecule is CCOc1ccc(OCC(=O)N2CCCNCC2)cc1.Cl. The first-order valence-corrected chi connectivity index (χ1v) is 7.13. The first-order chi connectivity index (χ1) is 9.79. The van der Waals surface area contributed by atoms with Crippen molar-refractivity contribution in [2.75, 3.05) is 39.4 Å². The minimum atomic E-state index is 0. The standard InChI is InChI=1S/C15H22N2O3.ClH/c1-2-19-13-4-6-14(7-5-13)20-12-15(18)17-10-3-8-16-9-11-17;/h4-7,16H,2-3,8-12H2,1H3;1H. The number of ether oxygens (including phenoxy) is 2. The molecule has 2 rings (SSSR count). The summed E-state index contributed by atoms with van der Waals surface area (Å²) in [5, 5.41) is 3.28. The third kappa shape index (κ3) is 5.81. The topological polar surface area (TPSA) is 50.8 Å². The summed E-state index contributed by atoms with van der Waals surface area (Å²) in [7, 11) is 0. The van der Waals surface area contributed by atoms with Crippen LogP contribution in [0.3, 0.4) is 0 Å². The Morgan fingerprint density at radius 1 is 1.14 bits per heavy atom. The average molecular weight is 315 g/mol. The van der Waals surface area contributed by atoms with Crippen molar-refractivity contribution in [2.45, 2.75) is 13.3 Å². The van der Waals surface area contributed by atoms with Crippen molar-refractivity contribution < 1.29 is 14.3 Å². The first-order valence-electron chi connectivity index (χ1n) is 7.13. The summed E-state index contributed by atoms with van der Waals surface area (Å²) in [5.74, 6) is 1.54. The number of carbonyl (C=O) groups is 1. The van der Waals surface area contributed by atoms with Crippen molar-refractivity contribution in [1.29, 1.82) is 0 Å². The number of hydrogen-bond acceptors (Lipinski definition) is 4. The van der Waals surface area contributed by atoms with Crippen LogP contribution in [-0.4, -0.2) is 50.2 Å². The molecular formula is C15H23ClN2O3. The Balaban J connectivity index is 0.00000220. The molecule has 0 spiro atoms. The van der Waals surface area contributed by atoms with E-state index in [0.717, 1.165) is 38.3 Å². The molecule has 118 valence electrons.